The number of pyridine rings is 1. The van der Waals surface area contributed by atoms with Crippen LogP contribution in [0.3, 0.4) is 0 Å². The van der Waals surface area contributed by atoms with E-state index in [4.69, 9.17) is 9.47 Å². The summed E-state index contributed by atoms with van der Waals surface area (Å²) in [5.41, 5.74) is 4.53. The van der Waals surface area contributed by atoms with E-state index in [-0.39, 0.29) is 0 Å². The van der Waals surface area contributed by atoms with Gasteiger partial charge in [0.05, 0.1) is 19.9 Å². The Balaban J connectivity index is 2.12. The maximum absolute atomic E-state index is 12.0. The summed E-state index contributed by atoms with van der Waals surface area (Å²) in [4.78, 5) is 12.0. The van der Waals surface area contributed by atoms with Crippen LogP contribution in [0.5, 0.6) is 11.5 Å². The Morgan fingerprint density at radius 1 is 0.963 bits per heavy atom. The Hall–Kier alpha value is -3.27. The number of hydrogen-bond acceptors (Lipinski definition) is 3. The number of fused-ring (bicyclic) bond motifs is 2. The van der Waals surface area contributed by atoms with E-state index < -0.39 is 0 Å². The van der Waals surface area contributed by atoms with Crippen molar-refractivity contribution in [3.63, 3.8) is 0 Å². The third-order valence-electron chi connectivity index (χ3n) is 5.07. The lowest BCUT2D eigenvalue weighted by atomic mass is 9.96. The van der Waals surface area contributed by atoms with Crippen molar-refractivity contribution in [2.24, 2.45) is 0 Å². The second-order valence-corrected chi connectivity index (χ2v) is 6.45. The van der Waals surface area contributed by atoms with E-state index in [0.717, 1.165) is 45.9 Å². The number of nitrogens with zero attached hydrogens (tertiary/aromatic N) is 1. The van der Waals surface area contributed by atoms with Crippen molar-refractivity contribution in [1.29, 1.82) is 0 Å². The van der Waals surface area contributed by atoms with Gasteiger partial charge < -0.3 is 13.9 Å². The molecule has 0 amide bonds. The summed E-state index contributed by atoms with van der Waals surface area (Å²) in [7, 11) is 3.29. The molecule has 0 N–H and O–H groups in total. The van der Waals surface area contributed by atoms with Crippen molar-refractivity contribution in [2.75, 3.05) is 14.2 Å². The smallest absolute Gasteiger partial charge is 0.167 e. The predicted octanol–water partition coefficient (Wildman–Crippen LogP) is 5.15. The van der Waals surface area contributed by atoms with Crippen molar-refractivity contribution in [1.82, 2.24) is 4.40 Å². The van der Waals surface area contributed by atoms with Gasteiger partial charge in [-0.2, -0.15) is 0 Å². The van der Waals surface area contributed by atoms with Crippen LogP contribution < -0.4 is 9.47 Å². The molecule has 0 atom stereocenters. The maximum Gasteiger partial charge on any atom is 0.167 e. The molecule has 4 nitrogen and oxygen atoms in total. The minimum absolute atomic E-state index is 0.619. The third kappa shape index (κ3) is 2.65. The molecule has 0 bridgehead atoms. The Morgan fingerprint density at radius 3 is 2.37 bits per heavy atom. The molecule has 27 heavy (non-hydrogen) atoms. The van der Waals surface area contributed by atoms with Gasteiger partial charge in [-0.15, -0.1) is 0 Å². The largest absolute Gasteiger partial charge is 0.496 e. The highest BCUT2D eigenvalue weighted by molar-refractivity contribution is 6.06. The average molecular weight is 359 g/mol. The van der Waals surface area contributed by atoms with Gasteiger partial charge in [0.1, 0.15) is 11.5 Å². The number of carbonyl (C=O) groups is 1. The first-order valence-corrected chi connectivity index (χ1v) is 8.95. The number of ether oxygens (including phenoxy) is 2. The lowest BCUT2D eigenvalue weighted by Crippen LogP contribution is -1.97. The summed E-state index contributed by atoms with van der Waals surface area (Å²) in [5, 5.41) is 1.97. The molecule has 4 aromatic rings. The van der Waals surface area contributed by atoms with E-state index in [1.54, 1.807) is 14.2 Å². The number of carbonyl (C=O) groups excluding carboxylic acids is 1. The molecule has 2 aromatic heterocycles. The van der Waals surface area contributed by atoms with Crippen molar-refractivity contribution in [3.8, 4) is 22.6 Å². The first-order chi connectivity index (χ1) is 13.2. The summed E-state index contributed by atoms with van der Waals surface area (Å²) in [6, 6.07) is 16.1. The highest BCUT2D eigenvalue weighted by Gasteiger charge is 2.20. The lowest BCUT2D eigenvalue weighted by Gasteiger charge is -2.15. The van der Waals surface area contributed by atoms with Crippen molar-refractivity contribution in [3.05, 3.63) is 66.0 Å². The number of benzene rings is 2. The topological polar surface area (TPSA) is 39.9 Å². The number of hydrogen-bond donors (Lipinski definition) is 0. The van der Waals surface area contributed by atoms with Gasteiger partial charge in [0, 0.05) is 34.3 Å². The van der Waals surface area contributed by atoms with E-state index in [9.17, 15) is 4.79 Å². The second kappa shape index (κ2) is 6.80. The highest BCUT2D eigenvalue weighted by atomic mass is 16.5. The molecule has 0 aliphatic heterocycles. The van der Waals surface area contributed by atoms with Crippen LogP contribution >= 0.6 is 0 Å². The Kier molecular flexibility index (Phi) is 4.32. The van der Waals surface area contributed by atoms with Gasteiger partial charge in [0.25, 0.3) is 0 Å². The summed E-state index contributed by atoms with van der Waals surface area (Å²) in [6.07, 6.45) is 3.86. The van der Waals surface area contributed by atoms with Crippen LogP contribution in [0.1, 0.15) is 23.0 Å². The van der Waals surface area contributed by atoms with E-state index >= 15 is 0 Å². The molecule has 0 saturated heterocycles. The quantitative estimate of drug-likeness (QED) is 0.463. The molecule has 0 fully saturated rings. The minimum atomic E-state index is 0.619. The van der Waals surface area contributed by atoms with Gasteiger partial charge in [0.15, 0.2) is 6.29 Å². The summed E-state index contributed by atoms with van der Waals surface area (Å²) in [6.45, 7) is 2.10. The fourth-order valence-corrected chi connectivity index (χ4v) is 3.69. The van der Waals surface area contributed by atoms with Gasteiger partial charge >= 0.3 is 0 Å². The number of aryl methyl sites for hydroxylation is 1. The highest BCUT2D eigenvalue weighted by Crippen LogP contribution is 2.43. The molecule has 0 saturated carbocycles. The molecule has 0 spiro atoms. The van der Waals surface area contributed by atoms with Crippen LogP contribution in [0.15, 0.2) is 54.7 Å². The van der Waals surface area contributed by atoms with Gasteiger partial charge in [-0.3, -0.25) is 4.79 Å². The molecule has 4 heteroatoms. The van der Waals surface area contributed by atoms with Gasteiger partial charge in [-0.1, -0.05) is 37.3 Å². The molecule has 136 valence electrons. The number of aldehydes is 1. The van der Waals surface area contributed by atoms with Crippen LogP contribution in [0.4, 0.5) is 0 Å². The molecule has 4 rings (SSSR count). The van der Waals surface area contributed by atoms with Crippen LogP contribution in [-0.4, -0.2) is 24.9 Å². The van der Waals surface area contributed by atoms with Crippen LogP contribution in [0, 0.1) is 0 Å². The second-order valence-electron chi connectivity index (χ2n) is 6.45. The van der Waals surface area contributed by atoms with Gasteiger partial charge in [-0.05, 0) is 29.5 Å². The van der Waals surface area contributed by atoms with E-state index in [2.05, 4.69) is 13.0 Å². The minimum Gasteiger partial charge on any atom is -0.496 e. The van der Waals surface area contributed by atoms with E-state index in [1.165, 1.54) is 5.56 Å². The molecule has 0 radical (unpaired) electrons. The summed E-state index contributed by atoms with van der Waals surface area (Å²) < 4.78 is 13.2. The zero-order valence-electron chi connectivity index (χ0n) is 15.7. The van der Waals surface area contributed by atoms with Crippen LogP contribution in [0.2, 0.25) is 0 Å². The van der Waals surface area contributed by atoms with E-state index in [0.29, 0.717) is 11.4 Å². The van der Waals surface area contributed by atoms with Crippen LogP contribution in [-0.2, 0) is 6.42 Å². The normalized spacial score (nSPS) is 11.1. The Labute approximate surface area is 158 Å². The average Bonchev–Trinajstić information content (AvgIpc) is 3.09. The lowest BCUT2D eigenvalue weighted by molar-refractivity contribution is 0.111. The summed E-state index contributed by atoms with van der Waals surface area (Å²) in [5.74, 6) is 1.43. The molecular formula is C23H21NO3. The zero-order chi connectivity index (χ0) is 19.0. The standard InChI is InChI=1S/C23H21NO3/c1-4-15-9-10-16-11-19(20(14-25)24(16)13-15)23-18-8-6-5-7-17(18)21(26-2)12-22(23)27-3/h5-14H,4H2,1-3H3. The molecule has 0 aliphatic rings. The first-order valence-electron chi connectivity index (χ1n) is 8.95. The predicted molar refractivity (Wildman–Crippen MR) is 108 cm³/mol. The molecule has 0 aliphatic carbocycles. The Bertz CT molecular complexity index is 1160. The summed E-state index contributed by atoms with van der Waals surface area (Å²) >= 11 is 0. The number of aromatic nitrogens is 1. The fraction of sp³-hybridized carbons (Fsp3) is 0.174. The van der Waals surface area contributed by atoms with Gasteiger partial charge in [0.2, 0.25) is 0 Å². The number of rotatable bonds is 5. The zero-order valence-corrected chi connectivity index (χ0v) is 15.7. The van der Waals surface area contributed by atoms with Crippen molar-refractivity contribution < 1.29 is 14.3 Å². The van der Waals surface area contributed by atoms with Crippen molar-refractivity contribution in [2.45, 2.75) is 13.3 Å². The van der Waals surface area contributed by atoms with Crippen LogP contribution in [0.25, 0.3) is 27.4 Å². The SMILES string of the molecule is CCc1ccc2cc(-c3c(OC)cc(OC)c4ccccc34)c(C=O)n2c1. The fourth-order valence-electron chi connectivity index (χ4n) is 3.69. The third-order valence-corrected chi connectivity index (χ3v) is 5.07. The molecule has 2 heterocycles. The van der Waals surface area contributed by atoms with Gasteiger partial charge in [-0.25, -0.2) is 0 Å². The Morgan fingerprint density at radius 2 is 1.70 bits per heavy atom. The van der Waals surface area contributed by atoms with Crippen molar-refractivity contribution >= 4 is 22.6 Å². The molecule has 2 aromatic carbocycles. The molecular weight excluding hydrogens is 338 g/mol. The first kappa shape index (κ1) is 17.2. The monoisotopic (exact) mass is 359 g/mol. The maximum atomic E-state index is 12.0. The van der Waals surface area contributed by atoms with E-state index in [1.807, 2.05) is 53.1 Å². The number of methoxy groups -OCH3 is 2. The molecule has 0 unspecified atom stereocenters.